The van der Waals surface area contributed by atoms with Crippen LogP contribution in [0.1, 0.15) is 32.3 Å². The lowest BCUT2D eigenvalue weighted by molar-refractivity contribution is -0.118. The molecule has 178 valence electrons. The number of hydrogen-bond acceptors (Lipinski definition) is 6. The number of fused-ring (bicyclic) bond motifs is 1. The Morgan fingerprint density at radius 2 is 1.88 bits per heavy atom. The molecule has 1 aromatic heterocycles. The summed E-state index contributed by atoms with van der Waals surface area (Å²) in [5.74, 6) is 0.378. The van der Waals surface area contributed by atoms with Crippen molar-refractivity contribution in [3.8, 4) is 5.75 Å². The van der Waals surface area contributed by atoms with E-state index >= 15 is 0 Å². The van der Waals surface area contributed by atoms with Crippen LogP contribution in [-0.4, -0.2) is 44.5 Å². The predicted octanol–water partition coefficient (Wildman–Crippen LogP) is 3.96. The second-order valence-electron chi connectivity index (χ2n) is 7.48. The van der Waals surface area contributed by atoms with Gasteiger partial charge in [-0.3, -0.25) is 4.79 Å². The third kappa shape index (κ3) is 7.52. The quantitative estimate of drug-likeness (QED) is 0.359. The third-order valence-corrected chi connectivity index (χ3v) is 7.65. The average molecular weight is 491 g/mol. The first kappa shape index (κ1) is 25.1. The Bertz CT molecular complexity index is 1230. The predicted molar refractivity (Wildman–Crippen MR) is 131 cm³/mol. The van der Waals surface area contributed by atoms with Gasteiger partial charge >= 0.3 is 0 Å². The first-order valence-corrected chi connectivity index (χ1v) is 13.7. The molecule has 0 fully saturated rings. The lowest BCUT2D eigenvalue weighted by Crippen LogP contribution is -2.20. The smallest absolute Gasteiger partial charge is 0.248 e. The zero-order valence-electron chi connectivity index (χ0n) is 19.0. The van der Waals surface area contributed by atoms with Gasteiger partial charge in [-0.2, -0.15) is 4.99 Å². The van der Waals surface area contributed by atoms with Crippen LogP contribution in [0.4, 0.5) is 0 Å². The van der Waals surface area contributed by atoms with E-state index < -0.39 is 9.84 Å². The summed E-state index contributed by atoms with van der Waals surface area (Å²) in [6.07, 6.45) is 0.327. The number of carbonyl (C=O) groups is 1. The van der Waals surface area contributed by atoms with Gasteiger partial charge in [-0.25, -0.2) is 8.42 Å². The molecule has 0 N–H and O–H groups in total. The number of rotatable bonds is 12. The number of aromatic nitrogens is 1. The molecule has 1 amide bonds. The summed E-state index contributed by atoms with van der Waals surface area (Å²) in [5.41, 5.74) is 1.71. The van der Waals surface area contributed by atoms with Crippen LogP contribution in [0.2, 0.25) is 0 Å². The third-order valence-electron chi connectivity index (χ3n) is 4.92. The molecule has 0 unspecified atom stereocenters. The van der Waals surface area contributed by atoms with Gasteiger partial charge in [0.15, 0.2) is 14.6 Å². The molecule has 3 aromatic rings. The summed E-state index contributed by atoms with van der Waals surface area (Å²) >= 11 is 1.41. The van der Waals surface area contributed by atoms with Crippen molar-refractivity contribution < 1.29 is 22.7 Å². The number of hydrogen-bond donors (Lipinski definition) is 0. The van der Waals surface area contributed by atoms with E-state index in [0.29, 0.717) is 31.2 Å². The molecule has 9 heteroatoms. The molecule has 1 heterocycles. The molecule has 33 heavy (non-hydrogen) atoms. The SMILES string of the molecule is CCOCCn1c(=NC(=O)CCCS(=O)(=O)Cc2ccccc2)sc2cc(OCC)ccc21. The summed E-state index contributed by atoms with van der Waals surface area (Å²) in [6.45, 7) is 6.13. The fourth-order valence-corrected chi connectivity index (χ4v) is 5.95. The van der Waals surface area contributed by atoms with Crippen LogP contribution >= 0.6 is 11.3 Å². The number of nitrogens with zero attached hydrogens (tertiary/aromatic N) is 2. The van der Waals surface area contributed by atoms with E-state index in [9.17, 15) is 13.2 Å². The monoisotopic (exact) mass is 490 g/mol. The topological polar surface area (TPSA) is 87.0 Å². The number of thiazole rings is 1. The van der Waals surface area contributed by atoms with E-state index in [1.165, 1.54) is 11.3 Å². The van der Waals surface area contributed by atoms with Crippen LogP contribution in [0.15, 0.2) is 53.5 Å². The van der Waals surface area contributed by atoms with Crippen molar-refractivity contribution in [2.24, 2.45) is 4.99 Å². The normalized spacial score (nSPS) is 12.4. The van der Waals surface area contributed by atoms with E-state index in [2.05, 4.69) is 4.99 Å². The minimum Gasteiger partial charge on any atom is -0.494 e. The van der Waals surface area contributed by atoms with Crippen LogP contribution < -0.4 is 9.54 Å². The Balaban J connectivity index is 1.72. The Labute approximate surface area is 198 Å². The molecule has 3 rings (SSSR count). The molecule has 0 aliphatic carbocycles. The maximum atomic E-state index is 12.6. The number of carbonyl (C=O) groups excluding carboxylic acids is 1. The summed E-state index contributed by atoms with van der Waals surface area (Å²) < 4.78 is 38.8. The van der Waals surface area contributed by atoms with Crippen LogP contribution in [0.25, 0.3) is 10.2 Å². The van der Waals surface area contributed by atoms with Crippen molar-refractivity contribution >= 4 is 37.3 Å². The van der Waals surface area contributed by atoms with Gasteiger partial charge in [-0.15, -0.1) is 0 Å². The van der Waals surface area contributed by atoms with Crippen LogP contribution in [0.3, 0.4) is 0 Å². The second-order valence-corrected chi connectivity index (χ2v) is 10.7. The maximum Gasteiger partial charge on any atom is 0.248 e. The van der Waals surface area contributed by atoms with Crippen molar-refractivity contribution in [3.63, 3.8) is 0 Å². The fourth-order valence-electron chi connectivity index (χ4n) is 3.42. The Morgan fingerprint density at radius 3 is 2.61 bits per heavy atom. The molecule has 0 saturated heterocycles. The fraction of sp³-hybridized carbons (Fsp3) is 0.417. The molecule has 0 atom stereocenters. The minimum atomic E-state index is -3.28. The number of amides is 1. The molecular weight excluding hydrogens is 460 g/mol. The van der Waals surface area contributed by atoms with Crippen molar-refractivity contribution in [1.82, 2.24) is 4.57 Å². The standard InChI is InChI=1S/C24H30N2O5S2/c1-3-30-15-14-26-21-13-12-20(31-4-2)17-22(21)32-24(26)25-23(27)11-8-16-33(28,29)18-19-9-6-5-7-10-19/h5-7,9-10,12-13,17H,3-4,8,11,14-16,18H2,1-2H3. The van der Waals surface area contributed by atoms with Crippen molar-refractivity contribution in [2.45, 2.75) is 39.0 Å². The van der Waals surface area contributed by atoms with Gasteiger partial charge in [-0.1, -0.05) is 41.7 Å². The number of benzene rings is 2. The van der Waals surface area contributed by atoms with Crippen LogP contribution in [0, 0.1) is 0 Å². The second kappa shape index (κ2) is 12.1. The Morgan fingerprint density at radius 1 is 1.09 bits per heavy atom. The molecule has 0 bridgehead atoms. The van der Waals surface area contributed by atoms with Crippen molar-refractivity contribution in [3.05, 3.63) is 58.9 Å². The largest absolute Gasteiger partial charge is 0.494 e. The van der Waals surface area contributed by atoms with E-state index in [4.69, 9.17) is 9.47 Å². The molecule has 0 radical (unpaired) electrons. The molecule has 0 spiro atoms. The summed E-state index contributed by atoms with van der Waals surface area (Å²) in [5, 5.41) is 0. The molecule has 7 nitrogen and oxygen atoms in total. The number of sulfone groups is 1. The van der Waals surface area contributed by atoms with Gasteiger partial charge in [0.05, 0.1) is 34.9 Å². The van der Waals surface area contributed by atoms with Crippen molar-refractivity contribution in [1.29, 1.82) is 0 Å². The maximum absolute atomic E-state index is 12.6. The van der Waals surface area contributed by atoms with E-state index in [1.54, 1.807) is 12.1 Å². The first-order valence-electron chi connectivity index (χ1n) is 11.1. The Hall–Kier alpha value is -2.49. The molecular formula is C24H30N2O5S2. The van der Waals surface area contributed by atoms with Crippen molar-refractivity contribution in [2.75, 3.05) is 25.6 Å². The molecule has 0 aliphatic heterocycles. The van der Waals surface area contributed by atoms with Gasteiger partial charge in [-0.05, 0) is 44.0 Å². The van der Waals surface area contributed by atoms with Gasteiger partial charge in [0.2, 0.25) is 5.91 Å². The lowest BCUT2D eigenvalue weighted by atomic mass is 10.2. The summed E-state index contributed by atoms with van der Waals surface area (Å²) in [6, 6.07) is 14.9. The molecule has 2 aromatic carbocycles. The highest BCUT2D eigenvalue weighted by Gasteiger charge is 2.14. The first-order chi connectivity index (χ1) is 15.9. The molecule has 0 aliphatic rings. The van der Waals surface area contributed by atoms with Crippen LogP contribution in [-0.2, 0) is 31.7 Å². The van der Waals surface area contributed by atoms with Gasteiger partial charge in [0, 0.05) is 19.6 Å². The highest BCUT2D eigenvalue weighted by Crippen LogP contribution is 2.23. The Kier molecular flexibility index (Phi) is 9.22. The highest BCUT2D eigenvalue weighted by atomic mass is 32.2. The minimum absolute atomic E-state index is 0.0188. The number of ether oxygens (including phenoxy) is 2. The van der Waals surface area contributed by atoms with E-state index in [0.717, 1.165) is 21.5 Å². The summed E-state index contributed by atoms with van der Waals surface area (Å²) in [7, 11) is -3.28. The van der Waals surface area contributed by atoms with Gasteiger partial charge < -0.3 is 14.0 Å². The highest BCUT2D eigenvalue weighted by molar-refractivity contribution is 7.90. The zero-order chi connectivity index (χ0) is 23.7. The lowest BCUT2D eigenvalue weighted by Gasteiger charge is -2.06. The summed E-state index contributed by atoms with van der Waals surface area (Å²) in [4.78, 5) is 17.4. The van der Waals surface area contributed by atoms with Gasteiger partial charge in [0.25, 0.3) is 0 Å². The average Bonchev–Trinajstić information content (AvgIpc) is 3.10. The van der Waals surface area contributed by atoms with E-state index in [1.807, 2.05) is 54.8 Å². The molecule has 0 saturated carbocycles. The van der Waals surface area contributed by atoms with E-state index in [-0.39, 0.29) is 30.3 Å². The zero-order valence-corrected chi connectivity index (χ0v) is 20.7. The van der Waals surface area contributed by atoms with Gasteiger partial charge in [0.1, 0.15) is 5.75 Å². The van der Waals surface area contributed by atoms with Crippen LogP contribution in [0.5, 0.6) is 5.75 Å².